The summed E-state index contributed by atoms with van der Waals surface area (Å²) in [6, 6.07) is 16.7. The van der Waals surface area contributed by atoms with E-state index in [-0.39, 0.29) is 5.82 Å². The van der Waals surface area contributed by atoms with Gasteiger partial charge in [-0.15, -0.1) is 0 Å². The van der Waals surface area contributed by atoms with Gasteiger partial charge in [-0.3, -0.25) is 4.79 Å². The van der Waals surface area contributed by atoms with E-state index in [2.05, 4.69) is 5.10 Å². The molecule has 1 heterocycles. The van der Waals surface area contributed by atoms with E-state index < -0.39 is 35.4 Å². The third-order valence-corrected chi connectivity index (χ3v) is 7.20. The molecule has 0 aliphatic rings. The number of ether oxygens (including phenoxy) is 1. The van der Waals surface area contributed by atoms with E-state index in [1.165, 1.54) is 19.1 Å². The molecule has 0 spiro atoms. The summed E-state index contributed by atoms with van der Waals surface area (Å²) in [6.45, 7) is 3.25. The number of hydrogen-bond acceptors (Lipinski definition) is 4. The average Bonchev–Trinajstić information content (AvgIpc) is 3.31. The molecular weight excluding hydrogens is 522 g/mol. The quantitative estimate of drug-likeness (QED) is 0.218. The molecule has 6 nitrogen and oxygen atoms in total. The van der Waals surface area contributed by atoms with Crippen LogP contribution in [0, 0.1) is 5.82 Å². The largest absolute Gasteiger partial charge is 0.616 e. The highest BCUT2D eigenvalue weighted by Gasteiger charge is 2.40. The minimum absolute atomic E-state index is 0.352. The molecule has 1 unspecified atom stereocenters. The Kier molecular flexibility index (Phi) is 8.27. The summed E-state index contributed by atoms with van der Waals surface area (Å²) in [4.78, 5) is 11.6. The van der Waals surface area contributed by atoms with E-state index >= 15 is 0 Å². The monoisotopic (exact) mass is 547 g/mol. The van der Waals surface area contributed by atoms with Crippen molar-refractivity contribution in [3.63, 3.8) is 0 Å². The van der Waals surface area contributed by atoms with E-state index in [4.69, 9.17) is 4.74 Å². The first-order valence-corrected chi connectivity index (χ1v) is 13.3. The smallest absolute Gasteiger partial charge is 0.471 e. The lowest BCUT2D eigenvalue weighted by atomic mass is 10.0. The van der Waals surface area contributed by atoms with E-state index in [0.29, 0.717) is 39.4 Å². The third kappa shape index (κ3) is 6.46. The van der Waals surface area contributed by atoms with Crippen molar-refractivity contribution in [1.29, 1.82) is 0 Å². The SMILES string of the molecule is CC[S+]([O-])Cc1ccc([C@H](Oc2ccc3c(cnn3-c3ccc(F)cc3)c2)[C@H](C)NC(=O)C(F)(F)F)cc1. The molecule has 0 fully saturated rings. The second-order valence-corrected chi connectivity index (χ2v) is 10.4. The summed E-state index contributed by atoms with van der Waals surface area (Å²) in [5.74, 6) is -1.22. The Morgan fingerprint density at radius 2 is 1.79 bits per heavy atom. The minimum atomic E-state index is -5.04. The van der Waals surface area contributed by atoms with Crippen molar-refractivity contribution in [2.24, 2.45) is 0 Å². The second-order valence-electron chi connectivity index (χ2n) is 8.67. The van der Waals surface area contributed by atoms with Gasteiger partial charge in [0.15, 0.2) is 0 Å². The van der Waals surface area contributed by atoms with Crippen LogP contribution in [0.4, 0.5) is 17.6 Å². The normalized spacial score (nSPS) is 14.2. The van der Waals surface area contributed by atoms with Crippen LogP contribution in [0.1, 0.15) is 31.1 Å². The van der Waals surface area contributed by atoms with Crippen molar-refractivity contribution in [2.45, 2.75) is 37.9 Å². The lowest BCUT2D eigenvalue weighted by Gasteiger charge is -2.27. The maximum Gasteiger partial charge on any atom is 0.471 e. The summed E-state index contributed by atoms with van der Waals surface area (Å²) < 4.78 is 71.8. The molecule has 1 N–H and O–H groups in total. The van der Waals surface area contributed by atoms with Crippen LogP contribution in [0.3, 0.4) is 0 Å². The Balaban J connectivity index is 1.62. The molecule has 1 amide bonds. The summed E-state index contributed by atoms with van der Waals surface area (Å²) in [5.41, 5.74) is 2.72. The highest BCUT2D eigenvalue weighted by Crippen LogP contribution is 2.30. The Morgan fingerprint density at radius 3 is 2.42 bits per heavy atom. The first kappa shape index (κ1) is 27.5. The molecule has 38 heavy (non-hydrogen) atoms. The number of halogens is 4. The van der Waals surface area contributed by atoms with Crippen molar-refractivity contribution >= 4 is 28.0 Å². The summed E-state index contributed by atoms with van der Waals surface area (Å²) >= 11 is -1.02. The van der Waals surface area contributed by atoms with Gasteiger partial charge < -0.3 is 14.6 Å². The number of hydrogen-bond donors (Lipinski definition) is 1. The van der Waals surface area contributed by atoms with E-state index in [1.807, 2.05) is 12.2 Å². The molecule has 3 atom stereocenters. The Hall–Kier alpha value is -3.57. The van der Waals surface area contributed by atoms with E-state index in [0.717, 1.165) is 5.56 Å². The minimum Gasteiger partial charge on any atom is -0.616 e. The molecule has 1 aromatic heterocycles. The average molecular weight is 548 g/mol. The molecule has 0 aliphatic heterocycles. The Bertz CT molecular complexity index is 1390. The second kappa shape index (κ2) is 11.4. The van der Waals surface area contributed by atoms with Gasteiger partial charge >= 0.3 is 12.1 Å². The molecule has 3 aromatic carbocycles. The standard InChI is InChI=1S/C27H25F4N3O3S/c1-3-38(36)16-18-4-6-19(7-5-18)25(17(2)33-26(35)27(29,30)31)37-23-12-13-24-20(14-23)15-32-34(24)22-10-8-21(28)9-11-22/h4-15,17,25H,3,16H2,1-2H3,(H,33,35)/t17-,25+,38?/m0/s1. The van der Waals surface area contributed by atoms with Crippen LogP contribution in [0.25, 0.3) is 16.6 Å². The molecule has 0 radical (unpaired) electrons. The molecule has 0 aliphatic carbocycles. The van der Waals surface area contributed by atoms with Gasteiger partial charge in [0.1, 0.15) is 29.2 Å². The third-order valence-electron chi connectivity index (χ3n) is 5.90. The van der Waals surface area contributed by atoms with Crippen LogP contribution >= 0.6 is 0 Å². The van der Waals surface area contributed by atoms with Gasteiger partial charge in [0, 0.05) is 10.9 Å². The van der Waals surface area contributed by atoms with Crippen LogP contribution in [-0.2, 0) is 21.7 Å². The van der Waals surface area contributed by atoms with Gasteiger partial charge in [-0.05, 0) is 73.1 Å². The molecule has 4 rings (SSSR count). The first-order chi connectivity index (χ1) is 18.0. The topological polar surface area (TPSA) is 79.2 Å². The zero-order valence-corrected chi connectivity index (χ0v) is 21.4. The fraction of sp³-hybridized carbons (Fsp3) is 0.259. The maximum absolute atomic E-state index is 13.3. The molecule has 200 valence electrons. The van der Waals surface area contributed by atoms with Gasteiger partial charge in [0.25, 0.3) is 0 Å². The van der Waals surface area contributed by atoms with Crippen LogP contribution in [0.2, 0.25) is 0 Å². The number of alkyl halides is 3. The zero-order chi connectivity index (χ0) is 27.4. The van der Waals surface area contributed by atoms with Gasteiger partial charge in [0.2, 0.25) is 0 Å². The van der Waals surface area contributed by atoms with Crippen molar-refractivity contribution in [3.8, 4) is 11.4 Å². The fourth-order valence-electron chi connectivity index (χ4n) is 3.93. The van der Waals surface area contributed by atoms with Crippen LogP contribution in [0.5, 0.6) is 5.75 Å². The van der Waals surface area contributed by atoms with Crippen molar-refractivity contribution in [2.75, 3.05) is 5.75 Å². The molecule has 4 aromatic rings. The number of nitrogens with zero attached hydrogens (tertiary/aromatic N) is 2. The van der Waals surface area contributed by atoms with Crippen molar-refractivity contribution in [1.82, 2.24) is 15.1 Å². The number of carbonyl (C=O) groups is 1. The highest BCUT2D eigenvalue weighted by atomic mass is 32.2. The van der Waals surface area contributed by atoms with Crippen molar-refractivity contribution in [3.05, 3.63) is 89.9 Å². The predicted octanol–water partition coefficient (Wildman–Crippen LogP) is 5.62. The van der Waals surface area contributed by atoms with E-state index in [9.17, 15) is 26.9 Å². The van der Waals surface area contributed by atoms with Crippen LogP contribution in [0.15, 0.2) is 72.9 Å². The molecule has 0 bridgehead atoms. The van der Waals surface area contributed by atoms with E-state index in [1.54, 1.807) is 65.5 Å². The number of fused-ring (bicyclic) bond motifs is 1. The van der Waals surface area contributed by atoms with Crippen molar-refractivity contribution < 1.29 is 31.6 Å². The number of amides is 1. The fourth-order valence-corrected chi connectivity index (χ4v) is 4.70. The number of benzene rings is 3. The molecular formula is C27H25F4N3O3S. The van der Waals surface area contributed by atoms with Gasteiger partial charge in [-0.2, -0.15) is 18.3 Å². The van der Waals surface area contributed by atoms with Crippen LogP contribution < -0.4 is 10.1 Å². The summed E-state index contributed by atoms with van der Waals surface area (Å²) in [7, 11) is 0. The molecule has 11 heteroatoms. The first-order valence-electron chi connectivity index (χ1n) is 11.8. The Morgan fingerprint density at radius 1 is 1.11 bits per heavy atom. The van der Waals surface area contributed by atoms with Gasteiger partial charge in [-0.1, -0.05) is 24.3 Å². The number of carbonyl (C=O) groups excluding carboxylic acids is 1. The van der Waals surface area contributed by atoms with Crippen LogP contribution in [-0.4, -0.2) is 38.2 Å². The lowest BCUT2D eigenvalue weighted by Crippen LogP contribution is -2.45. The molecule has 0 saturated carbocycles. The molecule has 0 saturated heterocycles. The van der Waals surface area contributed by atoms with Gasteiger partial charge in [-0.25, -0.2) is 9.07 Å². The maximum atomic E-state index is 13.3. The number of nitrogens with one attached hydrogen (secondary N) is 1. The highest BCUT2D eigenvalue weighted by molar-refractivity contribution is 7.90. The van der Waals surface area contributed by atoms with Gasteiger partial charge in [0.05, 0.1) is 23.4 Å². The summed E-state index contributed by atoms with van der Waals surface area (Å²) in [5, 5.41) is 7.01. The number of aromatic nitrogens is 2. The Labute approximate surface area is 219 Å². The summed E-state index contributed by atoms with van der Waals surface area (Å²) in [6.07, 6.45) is -4.41. The lowest BCUT2D eigenvalue weighted by molar-refractivity contribution is -0.174. The zero-order valence-electron chi connectivity index (χ0n) is 20.5. The predicted molar refractivity (Wildman–Crippen MR) is 137 cm³/mol. The number of rotatable bonds is 9.